The second-order valence-electron chi connectivity index (χ2n) is 9.38. The molecule has 2 aromatic rings. The topological polar surface area (TPSA) is 58.6 Å². The fourth-order valence-corrected chi connectivity index (χ4v) is 5.16. The summed E-state index contributed by atoms with van der Waals surface area (Å²) in [5.74, 6) is 0.453. The maximum Gasteiger partial charge on any atom is 0.261 e. The second-order valence-corrected chi connectivity index (χ2v) is 9.38. The van der Waals surface area contributed by atoms with Crippen LogP contribution in [0, 0.1) is 11.7 Å². The predicted octanol–water partition coefficient (Wildman–Crippen LogP) is 5.17. The standard InChI is InChI=1S/C28H35FN2O3/c1-3-16-30-27(32)25(4-2)34-23-14-11-19-15-17-31(28(33)21-7-5-6-8-21)26(24(19)18-23)20-9-12-22(29)13-10-20/h9-14,18,21,25-26H,3-8,15-17H2,1-2H3,(H,30,32)/t25-,26+/m1/s1. The first-order valence-corrected chi connectivity index (χ1v) is 12.6. The molecule has 1 aliphatic carbocycles. The van der Waals surface area contributed by atoms with Crippen LogP contribution in [0.5, 0.6) is 5.75 Å². The van der Waals surface area contributed by atoms with Crippen molar-refractivity contribution < 1.29 is 18.7 Å². The van der Waals surface area contributed by atoms with Crippen LogP contribution < -0.4 is 10.1 Å². The molecule has 1 saturated carbocycles. The van der Waals surface area contributed by atoms with Crippen molar-refractivity contribution in [3.05, 3.63) is 65.0 Å². The van der Waals surface area contributed by atoms with Crippen LogP contribution in [0.15, 0.2) is 42.5 Å². The molecule has 2 aliphatic rings. The Morgan fingerprint density at radius 1 is 1.12 bits per heavy atom. The summed E-state index contributed by atoms with van der Waals surface area (Å²) in [4.78, 5) is 28.0. The molecule has 0 unspecified atom stereocenters. The Kier molecular flexibility index (Phi) is 7.86. The lowest BCUT2D eigenvalue weighted by Gasteiger charge is -2.39. The molecular formula is C28H35FN2O3. The van der Waals surface area contributed by atoms with Gasteiger partial charge in [-0.2, -0.15) is 0 Å². The molecule has 2 aromatic carbocycles. The van der Waals surface area contributed by atoms with Crippen LogP contribution in [0.4, 0.5) is 4.39 Å². The summed E-state index contributed by atoms with van der Waals surface area (Å²) >= 11 is 0. The van der Waals surface area contributed by atoms with Gasteiger partial charge >= 0.3 is 0 Å². The number of benzene rings is 2. The number of nitrogens with one attached hydrogen (secondary N) is 1. The first-order valence-electron chi connectivity index (χ1n) is 12.6. The van der Waals surface area contributed by atoms with E-state index in [1.54, 1.807) is 12.1 Å². The van der Waals surface area contributed by atoms with Crippen LogP contribution in [0.3, 0.4) is 0 Å². The highest BCUT2D eigenvalue weighted by molar-refractivity contribution is 5.81. The highest BCUT2D eigenvalue weighted by Crippen LogP contribution is 2.40. The van der Waals surface area contributed by atoms with Crippen LogP contribution in [-0.2, 0) is 16.0 Å². The SMILES string of the molecule is CCCNC(=O)[C@@H](CC)Oc1ccc2c(c1)[C@H](c1ccc(F)cc1)N(C(=O)C1CCCC1)CC2. The number of amides is 2. The Hall–Kier alpha value is -2.89. The van der Waals surface area contributed by atoms with Crippen molar-refractivity contribution in [2.45, 2.75) is 70.9 Å². The first kappa shape index (κ1) is 24.2. The van der Waals surface area contributed by atoms with Crippen LogP contribution in [0.1, 0.15) is 75.1 Å². The molecule has 0 saturated heterocycles. The molecule has 1 heterocycles. The minimum atomic E-state index is -0.575. The highest BCUT2D eigenvalue weighted by Gasteiger charge is 2.36. The summed E-state index contributed by atoms with van der Waals surface area (Å²) in [5.41, 5.74) is 3.03. The molecule has 1 fully saturated rings. The van der Waals surface area contributed by atoms with Crippen molar-refractivity contribution in [2.75, 3.05) is 13.1 Å². The number of hydrogen-bond acceptors (Lipinski definition) is 3. The van der Waals surface area contributed by atoms with Gasteiger partial charge in [0.25, 0.3) is 5.91 Å². The van der Waals surface area contributed by atoms with Crippen molar-refractivity contribution >= 4 is 11.8 Å². The highest BCUT2D eigenvalue weighted by atomic mass is 19.1. The Balaban J connectivity index is 1.67. The zero-order valence-corrected chi connectivity index (χ0v) is 20.2. The van der Waals surface area contributed by atoms with Crippen molar-refractivity contribution in [3.8, 4) is 5.75 Å². The lowest BCUT2D eigenvalue weighted by Crippen LogP contribution is -2.43. The van der Waals surface area contributed by atoms with Gasteiger partial charge in [-0.25, -0.2) is 4.39 Å². The number of halogens is 1. The molecule has 0 radical (unpaired) electrons. The molecule has 1 N–H and O–H groups in total. The Morgan fingerprint density at radius 2 is 1.85 bits per heavy atom. The van der Waals surface area contributed by atoms with E-state index in [0.717, 1.165) is 55.2 Å². The summed E-state index contributed by atoms with van der Waals surface area (Å²) in [5, 5.41) is 2.91. The number of ether oxygens (including phenoxy) is 1. The van der Waals surface area contributed by atoms with E-state index in [1.165, 1.54) is 12.1 Å². The molecule has 0 aromatic heterocycles. The third kappa shape index (κ3) is 5.26. The smallest absolute Gasteiger partial charge is 0.261 e. The van der Waals surface area contributed by atoms with Gasteiger partial charge in [-0.1, -0.05) is 44.9 Å². The number of fused-ring (bicyclic) bond motifs is 1. The van der Waals surface area contributed by atoms with Gasteiger partial charge in [-0.15, -0.1) is 0 Å². The van der Waals surface area contributed by atoms with Crippen molar-refractivity contribution in [2.24, 2.45) is 5.92 Å². The van der Waals surface area contributed by atoms with Crippen molar-refractivity contribution in [3.63, 3.8) is 0 Å². The van der Waals surface area contributed by atoms with Gasteiger partial charge in [0.2, 0.25) is 5.91 Å². The second kappa shape index (κ2) is 11.0. The zero-order valence-electron chi connectivity index (χ0n) is 20.2. The lowest BCUT2D eigenvalue weighted by molar-refractivity contribution is -0.137. The van der Waals surface area contributed by atoms with Crippen molar-refractivity contribution in [1.29, 1.82) is 0 Å². The van der Waals surface area contributed by atoms with Crippen LogP contribution in [0.25, 0.3) is 0 Å². The Labute approximate surface area is 201 Å². The molecule has 6 heteroatoms. The average molecular weight is 467 g/mol. The number of nitrogens with zero attached hydrogens (tertiary/aromatic N) is 1. The number of hydrogen-bond donors (Lipinski definition) is 1. The zero-order chi connectivity index (χ0) is 24.1. The van der Waals surface area contributed by atoms with Gasteiger partial charge < -0.3 is 15.0 Å². The maximum absolute atomic E-state index is 13.7. The molecular weight excluding hydrogens is 431 g/mol. The van der Waals surface area contributed by atoms with Gasteiger partial charge in [0.15, 0.2) is 6.10 Å². The molecule has 1 aliphatic heterocycles. The molecule has 2 amide bonds. The molecule has 5 nitrogen and oxygen atoms in total. The average Bonchev–Trinajstić information content (AvgIpc) is 3.40. The van der Waals surface area contributed by atoms with Crippen LogP contribution >= 0.6 is 0 Å². The van der Waals surface area contributed by atoms with E-state index >= 15 is 0 Å². The van der Waals surface area contributed by atoms with Gasteiger partial charge in [-0.05, 0) is 73.1 Å². The fraction of sp³-hybridized carbons (Fsp3) is 0.500. The quantitative estimate of drug-likeness (QED) is 0.584. The monoisotopic (exact) mass is 466 g/mol. The fourth-order valence-electron chi connectivity index (χ4n) is 5.16. The van der Waals surface area contributed by atoms with Gasteiger partial charge in [0, 0.05) is 19.0 Å². The summed E-state index contributed by atoms with van der Waals surface area (Å²) in [6.07, 6.45) is 5.68. The summed E-state index contributed by atoms with van der Waals surface area (Å²) in [6.45, 7) is 5.20. The molecule has 182 valence electrons. The Bertz CT molecular complexity index is 1000. The van der Waals surface area contributed by atoms with E-state index in [0.29, 0.717) is 25.3 Å². The predicted molar refractivity (Wildman–Crippen MR) is 130 cm³/mol. The van der Waals surface area contributed by atoms with Crippen LogP contribution in [0.2, 0.25) is 0 Å². The lowest BCUT2D eigenvalue weighted by atomic mass is 9.87. The number of carbonyl (C=O) groups is 2. The van der Waals surface area contributed by atoms with E-state index in [-0.39, 0.29) is 29.6 Å². The number of carbonyl (C=O) groups excluding carboxylic acids is 2. The molecule has 0 spiro atoms. The minimum Gasteiger partial charge on any atom is -0.481 e. The van der Waals surface area contributed by atoms with E-state index < -0.39 is 6.10 Å². The van der Waals surface area contributed by atoms with Gasteiger partial charge in [0.1, 0.15) is 11.6 Å². The minimum absolute atomic E-state index is 0.0654. The third-order valence-electron chi connectivity index (χ3n) is 7.01. The summed E-state index contributed by atoms with van der Waals surface area (Å²) in [7, 11) is 0. The van der Waals surface area contributed by atoms with Crippen LogP contribution in [-0.4, -0.2) is 35.9 Å². The first-order chi connectivity index (χ1) is 16.5. The Morgan fingerprint density at radius 3 is 2.53 bits per heavy atom. The third-order valence-corrected chi connectivity index (χ3v) is 7.01. The maximum atomic E-state index is 13.7. The van der Waals surface area contributed by atoms with Gasteiger partial charge in [-0.3, -0.25) is 9.59 Å². The number of rotatable bonds is 8. The van der Waals surface area contributed by atoms with E-state index in [2.05, 4.69) is 5.32 Å². The molecule has 0 bridgehead atoms. The molecule has 34 heavy (non-hydrogen) atoms. The van der Waals surface area contributed by atoms with E-state index in [4.69, 9.17) is 4.74 Å². The van der Waals surface area contributed by atoms with E-state index in [1.807, 2.05) is 36.9 Å². The normalized spacial score (nSPS) is 18.9. The summed E-state index contributed by atoms with van der Waals surface area (Å²) in [6, 6.07) is 12.1. The van der Waals surface area contributed by atoms with Gasteiger partial charge in [0.05, 0.1) is 6.04 Å². The summed E-state index contributed by atoms with van der Waals surface area (Å²) < 4.78 is 19.8. The molecule has 2 atom stereocenters. The van der Waals surface area contributed by atoms with Crippen molar-refractivity contribution in [1.82, 2.24) is 10.2 Å². The largest absolute Gasteiger partial charge is 0.481 e. The molecule has 4 rings (SSSR count). The van der Waals surface area contributed by atoms with E-state index in [9.17, 15) is 14.0 Å².